The molecule has 0 saturated carbocycles. The van der Waals surface area contributed by atoms with Gasteiger partial charge in [-0.3, -0.25) is 14.9 Å². The van der Waals surface area contributed by atoms with Gasteiger partial charge in [0.25, 0.3) is 11.6 Å². The van der Waals surface area contributed by atoms with E-state index in [1.54, 1.807) is 25.1 Å². The summed E-state index contributed by atoms with van der Waals surface area (Å²) in [6.45, 7) is 3.54. The summed E-state index contributed by atoms with van der Waals surface area (Å²) in [6, 6.07) is 9.01. The van der Waals surface area contributed by atoms with Crippen LogP contribution >= 0.6 is 0 Å². The number of para-hydroxylation sites is 1. The Balaban J connectivity index is 1.82. The molecule has 1 saturated heterocycles. The molecule has 9 heteroatoms. The topological polar surface area (TPSA) is 85.1 Å². The summed E-state index contributed by atoms with van der Waals surface area (Å²) in [4.78, 5) is 27.3. The zero-order chi connectivity index (χ0) is 21.0. The Morgan fingerprint density at radius 3 is 2.45 bits per heavy atom. The van der Waals surface area contributed by atoms with Gasteiger partial charge < -0.3 is 19.3 Å². The molecule has 0 aliphatic carbocycles. The summed E-state index contributed by atoms with van der Waals surface area (Å²) in [5.74, 6) is -0.321. The third-order valence-electron chi connectivity index (χ3n) is 4.77. The predicted molar refractivity (Wildman–Crippen MR) is 105 cm³/mol. The molecule has 2 aromatic carbocycles. The van der Waals surface area contributed by atoms with Crippen molar-refractivity contribution in [2.24, 2.45) is 0 Å². The molecule has 154 valence electrons. The fourth-order valence-corrected chi connectivity index (χ4v) is 3.33. The summed E-state index contributed by atoms with van der Waals surface area (Å²) in [6.07, 6.45) is 0. The van der Waals surface area contributed by atoms with E-state index in [1.165, 1.54) is 30.2 Å². The molecule has 3 rings (SSSR count). The molecule has 0 atom stereocenters. The maximum atomic E-state index is 14.0. The number of hydrogen-bond acceptors (Lipinski definition) is 6. The smallest absolute Gasteiger partial charge is 0.286 e. The standard InChI is InChI=1S/C20H22FN3O5/c1-3-29-19-13-17(24(26)27)14(12-18(19)28-2)20(25)23-10-8-22(9-11-23)16-7-5-4-6-15(16)21/h4-7,12-13H,3,8-11H2,1-2H3. The van der Waals surface area contributed by atoms with Crippen LogP contribution in [0.3, 0.4) is 0 Å². The molecular formula is C20H22FN3O5. The first-order valence-electron chi connectivity index (χ1n) is 9.24. The lowest BCUT2D eigenvalue weighted by atomic mass is 10.1. The zero-order valence-electron chi connectivity index (χ0n) is 16.3. The highest BCUT2D eigenvalue weighted by atomic mass is 19.1. The average Bonchev–Trinajstić information content (AvgIpc) is 2.73. The Morgan fingerprint density at radius 2 is 1.86 bits per heavy atom. The van der Waals surface area contributed by atoms with Gasteiger partial charge in [0, 0.05) is 32.2 Å². The zero-order valence-corrected chi connectivity index (χ0v) is 16.3. The van der Waals surface area contributed by atoms with Gasteiger partial charge in [-0.2, -0.15) is 0 Å². The minimum atomic E-state index is -0.606. The van der Waals surface area contributed by atoms with E-state index in [1.807, 2.05) is 4.90 Å². The van der Waals surface area contributed by atoms with Crippen molar-refractivity contribution in [1.29, 1.82) is 0 Å². The molecule has 1 amide bonds. The van der Waals surface area contributed by atoms with Gasteiger partial charge in [0.15, 0.2) is 11.5 Å². The third-order valence-corrected chi connectivity index (χ3v) is 4.77. The van der Waals surface area contributed by atoms with E-state index in [0.717, 1.165) is 0 Å². The van der Waals surface area contributed by atoms with Crippen LogP contribution in [0, 0.1) is 15.9 Å². The number of nitro groups is 1. The number of hydrogen-bond donors (Lipinski definition) is 0. The van der Waals surface area contributed by atoms with E-state index in [4.69, 9.17) is 9.47 Å². The molecule has 8 nitrogen and oxygen atoms in total. The third kappa shape index (κ3) is 4.23. The van der Waals surface area contributed by atoms with Crippen molar-refractivity contribution in [2.75, 3.05) is 44.8 Å². The van der Waals surface area contributed by atoms with E-state index in [9.17, 15) is 19.3 Å². The number of nitrogens with zero attached hydrogens (tertiary/aromatic N) is 3. The van der Waals surface area contributed by atoms with Crippen LogP contribution in [0.2, 0.25) is 0 Å². The van der Waals surface area contributed by atoms with E-state index in [2.05, 4.69) is 0 Å². The van der Waals surface area contributed by atoms with E-state index >= 15 is 0 Å². The van der Waals surface area contributed by atoms with Crippen molar-refractivity contribution in [1.82, 2.24) is 4.90 Å². The van der Waals surface area contributed by atoms with Crippen molar-refractivity contribution in [3.63, 3.8) is 0 Å². The number of amides is 1. The van der Waals surface area contributed by atoms with Gasteiger partial charge in [-0.1, -0.05) is 12.1 Å². The molecule has 1 aliphatic heterocycles. The van der Waals surface area contributed by atoms with Crippen LogP contribution in [-0.2, 0) is 0 Å². The highest BCUT2D eigenvalue weighted by Gasteiger charge is 2.30. The molecule has 29 heavy (non-hydrogen) atoms. The van der Waals surface area contributed by atoms with Gasteiger partial charge >= 0.3 is 0 Å². The Labute approximate surface area is 167 Å². The summed E-state index contributed by atoms with van der Waals surface area (Å²) < 4.78 is 24.6. The molecule has 1 aliphatic rings. The van der Waals surface area contributed by atoms with Crippen LogP contribution < -0.4 is 14.4 Å². The quantitative estimate of drug-likeness (QED) is 0.544. The van der Waals surface area contributed by atoms with Gasteiger partial charge in [-0.25, -0.2) is 4.39 Å². The number of carbonyl (C=O) groups excluding carboxylic acids is 1. The molecule has 1 fully saturated rings. The molecule has 0 N–H and O–H groups in total. The fraction of sp³-hybridized carbons (Fsp3) is 0.350. The highest BCUT2D eigenvalue weighted by molar-refractivity contribution is 5.99. The highest BCUT2D eigenvalue weighted by Crippen LogP contribution is 2.35. The molecule has 1 heterocycles. The number of halogens is 1. The van der Waals surface area contributed by atoms with Crippen molar-refractivity contribution < 1.29 is 23.6 Å². The van der Waals surface area contributed by atoms with Crippen molar-refractivity contribution in [2.45, 2.75) is 6.92 Å². The second-order valence-corrected chi connectivity index (χ2v) is 6.44. The first-order chi connectivity index (χ1) is 14.0. The largest absolute Gasteiger partial charge is 0.493 e. The van der Waals surface area contributed by atoms with Crippen molar-refractivity contribution in [3.05, 3.63) is 57.9 Å². The number of nitro benzene ring substituents is 1. The predicted octanol–water partition coefficient (Wildman–Crippen LogP) is 3.10. The first-order valence-corrected chi connectivity index (χ1v) is 9.24. The number of piperazine rings is 1. The van der Waals surface area contributed by atoms with E-state index < -0.39 is 10.8 Å². The summed E-state index contributed by atoms with van der Waals surface area (Å²) in [7, 11) is 1.41. The van der Waals surface area contributed by atoms with Gasteiger partial charge in [-0.15, -0.1) is 0 Å². The maximum absolute atomic E-state index is 14.0. The van der Waals surface area contributed by atoms with Crippen LogP contribution in [0.1, 0.15) is 17.3 Å². The second-order valence-electron chi connectivity index (χ2n) is 6.44. The second kappa shape index (κ2) is 8.76. The molecule has 0 unspecified atom stereocenters. The van der Waals surface area contributed by atoms with Crippen LogP contribution in [-0.4, -0.2) is 55.6 Å². The lowest BCUT2D eigenvalue weighted by Crippen LogP contribution is -2.49. The Kier molecular flexibility index (Phi) is 6.16. The van der Waals surface area contributed by atoms with Gasteiger partial charge in [0.1, 0.15) is 11.4 Å². The monoisotopic (exact) mass is 403 g/mol. The molecule has 0 radical (unpaired) electrons. The summed E-state index contributed by atoms with van der Waals surface area (Å²) in [5.41, 5.74) is 0.0822. The van der Waals surface area contributed by atoms with Gasteiger partial charge in [0.2, 0.25) is 0 Å². The Bertz CT molecular complexity index is 913. The van der Waals surface area contributed by atoms with Gasteiger partial charge in [-0.05, 0) is 19.1 Å². The molecule has 0 spiro atoms. The van der Waals surface area contributed by atoms with E-state index in [0.29, 0.717) is 38.5 Å². The van der Waals surface area contributed by atoms with Crippen molar-refractivity contribution >= 4 is 17.3 Å². The average molecular weight is 403 g/mol. The van der Waals surface area contributed by atoms with Gasteiger partial charge in [0.05, 0.1) is 30.4 Å². The number of carbonyl (C=O) groups is 1. The molecule has 2 aromatic rings. The van der Waals surface area contributed by atoms with Crippen LogP contribution in [0.15, 0.2) is 36.4 Å². The van der Waals surface area contributed by atoms with Crippen LogP contribution in [0.25, 0.3) is 0 Å². The molecular weight excluding hydrogens is 381 g/mol. The first kappa shape index (κ1) is 20.4. The summed E-state index contributed by atoms with van der Waals surface area (Å²) in [5, 5.41) is 11.5. The fourth-order valence-electron chi connectivity index (χ4n) is 3.33. The molecule has 0 bridgehead atoms. The Morgan fingerprint density at radius 1 is 1.17 bits per heavy atom. The van der Waals surface area contributed by atoms with Crippen molar-refractivity contribution in [3.8, 4) is 11.5 Å². The number of anilines is 1. The minimum Gasteiger partial charge on any atom is -0.493 e. The summed E-state index contributed by atoms with van der Waals surface area (Å²) >= 11 is 0. The number of ether oxygens (including phenoxy) is 2. The van der Waals surface area contributed by atoms with E-state index in [-0.39, 0.29) is 28.6 Å². The lowest BCUT2D eigenvalue weighted by molar-refractivity contribution is -0.385. The van der Waals surface area contributed by atoms with Crippen LogP contribution in [0.4, 0.5) is 15.8 Å². The van der Waals surface area contributed by atoms with Crippen LogP contribution in [0.5, 0.6) is 11.5 Å². The number of methoxy groups -OCH3 is 1. The lowest BCUT2D eigenvalue weighted by Gasteiger charge is -2.36. The normalized spacial score (nSPS) is 13.9. The SMILES string of the molecule is CCOc1cc([N+](=O)[O-])c(C(=O)N2CCN(c3ccccc3F)CC2)cc1OC. The Hall–Kier alpha value is -3.36. The number of benzene rings is 2. The number of rotatable bonds is 6. The maximum Gasteiger partial charge on any atom is 0.286 e. The minimum absolute atomic E-state index is 0.0605. The molecule has 0 aromatic heterocycles.